The lowest BCUT2D eigenvalue weighted by atomic mass is 9.96. The van der Waals surface area contributed by atoms with Crippen LogP contribution in [0.2, 0.25) is 0 Å². The minimum absolute atomic E-state index is 0.00988. The highest BCUT2D eigenvalue weighted by Crippen LogP contribution is 2.19. The van der Waals surface area contributed by atoms with Crippen LogP contribution in [-0.2, 0) is 19.1 Å². The van der Waals surface area contributed by atoms with E-state index in [1.54, 1.807) is 6.92 Å². The van der Waals surface area contributed by atoms with Crippen molar-refractivity contribution in [2.75, 3.05) is 33.3 Å². The Labute approximate surface area is 143 Å². The summed E-state index contributed by atoms with van der Waals surface area (Å²) in [6.45, 7) is 5.52. The molecule has 2 fully saturated rings. The molecule has 24 heavy (non-hydrogen) atoms. The van der Waals surface area contributed by atoms with Gasteiger partial charge < -0.3 is 19.9 Å². The summed E-state index contributed by atoms with van der Waals surface area (Å²) in [6, 6.07) is 0.0762. The maximum Gasteiger partial charge on any atom is 0.309 e. The van der Waals surface area contributed by atoms with E-state index in [0.717, 1.165) is 17.7 Å². The average Bonchev–Trinajstić information content (AvgIpc) is 3.37. The van der Waals surface area contributed by atoms with Crippen LogP contribution in [0.4, 0.5) is 0 Å². The molecule has 2 rings (SSSR count). The fourth-order valence-corrected chi connectivity index (χ4v) is 2.99. The molecule has 1 aliphatic heterocycles. The molecule has 0 aromatic rings. The molecule has 0 spiro atoms. The summed E-state index contributed by atoms with van der Waals surface area (Å²) < 4.78 is 5.05. The number of carbonyl (C=O) groups is 3. The van der Waals surface area contributed by atoms with Gasteiger partial charge in [0.15, 0.2) is 12.6 Å². The summed E-state index contributed by atoms with van der Waals surface area (Å²) in [6.07, 6.45) is 3.43. The first-order valence-electron chi connectivity index (χ1n) is 8.99. The van der Waals surface area contributed by atoms with Gasteiger partial charge in [-0.25, -0.2) is 0 Å². The Kier molecular flexibility index (Phi) is 6.60. The highest BCUT2D eigenvalue weighted by Gasteiger charge is 2.33. The number of ether oxygens (including phenoxy) is 1. The number of piperidine rings is 1. The van der Waals surface area contributed by atoms with E-state index in [-0.39, 0.29) is 29.7 Å². The second-order valence-corrected chi connectivity index (χ2v) is 6.94. The molecule has 2 amide bonds. The minimum Gasteiger partial charge on any atom is -0.466 e. The van der Waals surface area contributed by atoms with Crippen molar-refractivity contribution < 1.29 is 24.0 Å². The van der Waals surface area contributed by atoms with Gasteiger partial charge in [-0.2, -0.15) is 0 Å². The van der Waals surface area contributed by atoms with E-state index in [1.807, 2.05) is 18.9 Å². The molecule has 7 nitrogen and oxygen atoms in total. The second kappa shape index (κ2) is 8.46. The summed E-state index contributed by atoms with van der Waals surface area (Å²) in [5, 5.41) is 2.95. The first-order valence-corrected chi connectivity index (χ1v) is 8.99. The SMILES string of the molecule is CCOC(=O)C1CCN(C(=O)[C@H](C)[NH+](C)CC(=O)NC2CC2)CC1. The minimum atomic E-state index is -0.269. The van der Waals surface area contributed by atoms with Crippen LogP contribution < -0.4 is 10.2 Å². The Balaban J connectivity index is 1.76. The molecule has 1 saturated carbocycles. The molecule has 2 N–H and O–H groups in total. The third-order valence-electron chi connectivity index (χ3n) is 4.92. The van der Waals surface area contributed by atoms with Crippen molar-refractivity contribution in [2.24, 2.45) is 5.92 Å². The van der Waals surface area contributed by atoms with Crippen molar-refractivity contribution in [3.8, 4) is 0 Å². The van der Waals surface area contributed by atoms with Crippen LogP contribution >= 0.6 is 0 Å². The molecule has 1 saturated heterocycles. The summed E-state index contributed by atoms with van der Waals surface area (Å²) in [7, 11) is 1.88. The fraction of sp³-hybridized carbons (Fsp3) is 0.824. The van der Waals surface area contributed by atoms with E-state index in [9.17, 15) is 14.4 Å². The summed E-state index contributed by atoms with van der Waals surface area (Å²) in [4.78, 5) is 39.0. The van der Waals surface area contributed by atoms with Gasteiger partial charge in [0, 0.05) is 19.1 Å². The van der Waals surface area contributed by atoms with Crippen LogP contribution in [-0.4, -0.2) is 68.1 Å². The zero-order valence-corrected chi connectivity index (χ0v) is 15.0. The van der Waals surface area contributed by atoms with E-state index in [4.69, 9.17) is 4.74 Å². The van der Waals surface area contributed by atoms with Gasteiger partial charge in [0.1, 0.15) is 0 Å². The molecule has 1 heterocycles. The van der Waals surface area contributed by atoms with Crippen molar-refractivity contribution in [1.29, 1.82) is 0 Å². The lowest BCUT2D eigenvalue weighted by Crippen LogP contribution is -3.15. The Bertz CT molecular complexity index is 470. The number of hydrogen-bond donors (Lipinski definition) is 2. The summed E-state index contributed by atoms with van der Waals surface area (Å²) in [5.74, 6) is -0.194. The molecule has 0 radical (unpaired) electrons. The molecule has 7 heteroatoms. The van der Waals surface area contributed by atoms with Crippen LogP contribution in [0.5, 0.6) is 0 Å². The number of carbonyl (C=O) groups excluding carboxylic acids is 3. The van der Waals surface area contributed by atoms with Crippen LogP contribution in [0.25, 0.3) is 0 Å². The number of hydrogen-bond acceptors (Lipinski definition) is 4. The molecule has 0 aromatic heterocycles. The van der Waals surface area contributed by atoms with Crippen molar-refractivity contribution >= 4 is 17.8 Å². The van der Waals surface area contributed by atoms with Gasteiger partial charge in [0.25, 0.3) is 11.8 Å². The third kappa shape index (κ3) is 5.19. The van der Waals surface area contributed by atoms with Gasteiger partial charge in [-0.3, -0.25) is 14.4 Å². The standard InChI is InChI=1S/C17H29N3O4/c1-4-24-17(23)13-7-9-20(10-8-13)16(22)12(2)19(3)11-15(21)18-14-5-6-14/h12-14H,4-11H2,1-3H3,(H,18,21)/p+1/t12-/m0/s1. The Morgan fingerprint density at radius 3 is 2.38 bits per heavy atom. The maximum absolute atomic E-state index is 12.6. The number of esters is 1. The van der Waals surface area contributed by atoms with Crippen molar-refractivity contribution in [3.63, 3.8) is 0 Å². The maximum atomic E-state index is 12.6. The molecule has 2 aliphatic rings. The molecular formula is C17H30N3O4+. The van der Waals surface area contributed by atoms with Crippen LogP contribution in [0, 0.1) is 5.92 Å². The largest absolute Gasteiger partial charge is 0.466 e. The number of likely N-dealkylation sites (N-methyl/N-ethyl adjacent to an activating group) is 1. The zero-order chi connectivity index (χ0) is 17.7. The number of likely N-dealkylation sites (tertiary alicyclic amines) is 1. The van der Waals surface area contributed by atoms with Crippen molar-refractivity contribution in [3.05, 3.63) is 0 Å². The zero-order valence-electron chi connectivity index (χ0n) is 15.0. The number of nitrogens with zero attached hydrogens (tertiary/aromatic N) is 1. The van der Waals surface area contributed by atoms with E-state index in [2.05, 4.69) is 5.32 Å². The Morgan fingerprint density at radius 1 is 1.21 bits per heavy atom. The number of nitrogens with one attached hydrogen (secondary N) is 2. The van der Waals surface area contributed by atoms with Crippen LogP contribution in [0.3, 0.4) is 0 Å². The normalized spacial score (nSPS) is 21.0. The molecular weight excluding hydrogens is 310 g/mol. The van der Waals surface area contributed by atoms with E-state index in [0.29, 0.717) is 45.1 Å². The summed E-state index contributed by atoms with van der Waals surface area (Å²) >= 11 is 0. The lowest BCUT2D eigenvalue weighted by Gasteiger charge is -2.33. The Morgan fingerprint density at radius 2 is 1.83 bits per heavy atom. The van der Waals surface area contributed by atoms with E-state index >= 15 is 0 Å². The quantitative estimate of drug-likeness (QED) is 0.581. The van der Waals surface area contributed by atoms with Crippen molar-refractivity contribution in [1.82, 2.24) is 10.2 Å². The van der Waals surface area contributed by atoms with Crippen LogP contribution in [0.15, 0.2) is 0 Å². The molecule has 1 unspecified atom stereocenters. The fourth-order valence-electron chi connectivity index (χ4n) is 2.99. The topological polar surface area (TPSA) is 80.2 Å². The van der Waals surface area contributed by atoms with Gasteiger partial charge in [-0.05, 0) is 39.5 Å². The van der Waals surface area contributed by atoms with Gasteiger partial charge in [-0.15, -0.1) is 0 Å². The van der Waals surface area contributed by atoms with Gasteiger partial charge in [-0.1, -0.05) is 0 Å². The van der Waals surface area contributed by atoms with Crippen molar-refractivity contribution in [2.45, 2.75) is 51.6 Å². The van der Waals surface area contributed by atoms with Crippen LogP contribution in [0.1, 0.15) is 39.5 Å². The first kappa shape index (κ1) is 18.7. The predicted octanol–water partition coefficient (Wildman–Crippen LogP) is -1.03. The average molecular weight is 340 g/mol. The third-order valence-corrected chi connectivity index (χ3v) is 4.92. The summed E-state index contributed by atoms with van der Waals surface area (Å²) in [5.41, 5.74) is 0. The smallest absolute Gasteiger partial charge is 0.309 e. The molecule has 0 aromatic carbocycles. The van der Waals surface area contributed by atoms with Gasteiger partial charge >= 0.3 is 5.97 Å². The molecule has 0 bridgehead atoms. The highest BCUT2D eigenvalue weighted by molar-refractivity contribution is 5.81. The second-order valence-electron chi connectivity index (χ2n) is 6.94. The molecule has 136 valence electrons. The number of amides is 2. The molecule has 1 aliphatic carbocycles. The van der Waals surface area contributed by atoms with E-state index < -0.39 is 0 Å². The van der Waals surface area contributed by atoms with E-state index in [1.165, 1.54) is 0 Å². The predicted molar refractivity (Wildman–Crippen MR) is 88.3 cm³/mol. The first-order chi connectivity index (χ1) is 11.4. The molecule has 2 atom stereocenters. The Hall–Kier alpha value is -1.63. The van der Waals surface area contributed by atoms with Gasteiger partial charge in [0.05, 0.1) is 19.6 Å². The lowest BCUT2D eigenvalue weighted by molar-refractivity contribution is -0.886. The monoisotopic (exact) mass is 340 g/mol. The number of quaternary nitrogens is 1. The number of rotatable bonds is 7. The highest BCUT2D eigenvalue weighted by atomic mass is 16.5. The van der Waals surface area contributed by atoms with Gasteiger partial charge in [0.2, 0.25) is 0 Å².